The van der Waals surface area contributed by atoms with Crippen LogP contribution in [-0.2, 0) is 10.0 Å². The van der Waals surface area contributed by atoms with Crippen LogP contribution >= 0.6 is 24.0 Å². The van der Waals surface area contributed by atoms with Crippen LogP contribution in [0.1, 0.15) is 11.6 Å². The number of hydrogen-bond donors (Lipinski definition) is 1. The molecule has 1 atom stereocenters. The Balaban J connectivity index is 0.00000192. The summed E-state index contributed by atoms with van der Waals surface area (Å²) in [5, 5.41) is 3.84. The van der Waals surface area contributed by atoms with Crippen molar-refractivity contribution >= 4 is 34.0 Å². The number of piperazine rings is 1. The highest BCUT2D eigenvalue weighted by molar-refractivity contribution is 7.89. The van der Waals surface area contributed by atoms with Gasteiger partial charge >= 0.3 is 0 Å². The number of nitrogens with zero attached hydrogens (tertiary/aromatic N) is 2. The highest BCUT2D eigenvalue weighted by Crippen LogP contribution is 2.29. The molecule has 5 nitrogen and oxygen atoms in total. The van der Waals surface area contributed by atoms with E-state index in [0.29, 0.717) is 24.7 Å². The molecule has 0 aliphatic carbocycles. The summed E-state index contributed by atoms with van der Waals surface area (Å²) in [6.07, 6.45) is 2.94. The van der Waals surface area contributed by atoms with Gasteiger partial charge in [-0.2, -0.15) is 4.31 Å². The van der Waals surface area contributed by atoms with Crippen LogP contribution in [0.5, 0.6) is 0 Å². The standard InChI is InChI=1S/C15H16ClN3O2S.ClH/c16-13-4-1-3-12(9-13)15-11-18-7-8-19(15)22(20,21)14-5-2-6-17-10-14;/h1-6,9-10,15,18H,7-8,11H2;1H. The van der Waals surface area contributed by atoms with Crippen LogP contribution in [0.3, 0.4) is 0 Å². The average Bonchev–Trinajstić information content (AvgIpc) is 2.56. The molecule has 0 saturated carbocycles. The Morgan fingerprint density at radius 1 is 1.26 bits per heavy atom. The quantitative estimate of drug-likeness (QED) is 0.897. The Morgan fingerprint density at radius 2 is 2.09 bits per heavy atom. The molecule has 23 heavy (non-hydrogen) atoms. The lowest BCUT2D eigenvalue weighted by atomic mass is 10.1. The normalized spacial score (nSPS) is 19.1. The number of nitrogens with one attached hydrogen (secondary N) is 1. The van der Waals surface area contributed by atoms with E-state index in [1.165, 1.54) is 10.5 Å². The van der Waals surface area contributed by atoms with Crippen LogP contribution in [-0.4, -0.2) is 37.3 Å². The lowest BCUT2D eigenvalue weighted by molar-refractivity contribution is 0.271. The minimum absolute atomic E-state index is 0. The smallest absolute Gasteiger partial charge is 0.245 e. The molecular formula is C15H17Cl2N3O2S. The minimum Gasteiger partial charge on any atom is -0.313 e. The van der Waals surface area contributed by atoms with Crippen LogP contribution in [0.25, 0.3) is 0 Å². The van der Waals surface area contributed by atoms with Crippen molar-refractivity contribution in [1.82, 2.24) is 14.6 Å². The van der Waals surface area contributed by atoms with Crippen molar-refractivity contribution in [1.29, 1.82) is 0 Å². The third-order valence-corrected chi connectivity index (χ3v) is 5.80. The van der Waals surface area contributed by atoms with E-state index in [9.17, 15) is 8.42 Å². The zero-order valence-electron chi connectivity index (χ0n) is 12.2. The van der Waals surface area contributed by atoms with Gasteiger partial charge in [0.15, 0.2) is 0 Å². The lowest BCUT2D eigenvalue weighted by Crippen LogP contribution is -2.48. The van der Waals surface area contributed by atoms with Crippen LogP contribution in [0, 0.1) is 0 Å². The van der Waals surface area contributed by atoms with Gasteiger partial charge in [0, 0.05) is 37.1 Å². The van der Waals surface area contributed by atoms with Crippen molar-refractivity contribution in [3.05, 3.63) is 59.4 Å². The maximum Gasteiger partial charge on any atom is 0.245 e. The summed E-state index contributed by atoms with van der Waals surface area (Å²) in [5.41, 5.74) is 0.882. The van der Waals surface area contributed by atoms with Crippen molar-refractivity contribution in [2.24, 2.45) is 0 Å². The third-order valence-electron chi connectivity index (χ3n) is 3.67. The Bertz CT molecular complexity index is 756. The molecule has 1 aliphatic heterocycles. The van der Waals surface area contributed by atoms with Crippen LogP contribution in [0.2, 0.25) is 5.02 Å². The van der Waals surface area contributed by atoms with Gasteiger partial charge in [-0.15, -0.1) is 12.4 Å². The lowest BCUT2D eigenvalue weighted by Gasteiger charge is -2.35. The van der Waals surface area contributed by atoms with E-state index < -0.39 is 10.0 Å². The zero-order chi connectivity index (χ0) is 15.6. The molecule has 2 aromatic rings. The van der Waals surface area contributed by atoms with Crippen molar-refractivity contribution < 1.29 is 8.42 Å². The SMILES string of the molecule is Cl.O=S(=O)(c1cccnc1)N1CCNCC1c1cccc(Cl)c1. The monoisotopic (exact) mass is 373 g/mol. The largest absolute Gasteiger partial charge is 0.313 e. The van der Waals surface area contributed by atoms with Crippen molar-refractivity contribution in [3.63, 3.8) is 0 Å². The fourth-order valence-corrected chi connectivity index (χ4v) is 4.38. The summed E-state index contributed by atoms with van der Waals surface area (Å²) in [6, 6.07) is 10.2. The molecule has 124 valence electrons. The molecule has 1 saturated heterocycles. The summed E-state index contributed by atoms with van der Waals surface area (Å²) in [5.74, 6) is 0. The molecule has 0 amide bonds. The molecule has 1 N–H and O–H groups in total. The highest BCUT2D eigenvalue weighted by Gasteiger charge is 2.34. The Morgan fingerprint density at radius 3 is 2.78 bits per heavy atom. The van der Waals surface area contributed by atoms with Gasteiger partial charge in [-0.05, 0) is 29.8 Å². The Hall–Kier alpha value is -1.18. The van der Waals surface area contributed by atoms with Gasteiger partial charge in [0.25, 0.3) is 0 Å². The number of sulfonamides is 1. The summed E-state index contributed by atoms with van der Waals surface area (Å²) in [4.78, 5) is 4.13. The van der Waals surface area contributed by atoms with E-state index >= 15 is 0 Å². The van der Waals surface area contributed by atoms with E-state index in [-0.39, 0.29) is 23.3 Å². The number of rotatable bonds is 3. The predicted octanol–water partition coefficient (Wildman–Crippen LogP) is 2.49. The zero-order valence-corrected chi connectivity index (χ0v) is 14.6. The molecule has 1 aromatic heterocycles. The second kappa shape index (κ2) is 7.59. The van der Waals surface area contributed by atoms with Gasteiger partial charge in [-0.1, -0.05) is 23.7 Å². The van der Waals surface area contributed by atoms with Crippen molar-refractivity contribution in [3.8, 4) is 0 Å². The van der Waals surface area contributed by atoms with Crippen LogP contribution in [0.4, 0.5) is 0 Å². The molecule has 3 rings (SSSR count). The molecule has 0 spiro atoms. The summed E-state index contributed by atoms with van der Waals surface area (Å²) in [7, 11) is -3.58. The van der Waals surface area contributed by atoms with Crippen LogP contribution < -0.4 is 5.32 Å². The Labute approximate surface area is 147 Å². The first-order chi connectivity index (χ1) is 10.6. The second-order valence-electron chi connectivity index (χ2n) is 5.08. The Kier molecular flexibility index (Phi) is 6.00. The number of aromatic nitrogens is 1. The van der Waals surface area contributed by atoms with E-state index in [4.69, 9.17) is 11.6 Å². The van der Waals surface area contributed by atoms with Crippen LogP contribution in [0.15, 0.2) is 53.7 Å². The molecule has 2 heterocycles. The third kappa shape index (κ3) is 3.84. The first-order valence-electron chi connectivity index (χ1n) is 6.97. The number of pyridine rings is 1. The fraction of sp³-hybridized carbons (Fsp3) is 0.267. The van der Waals surface area contributed by atoms with Gasteiger partial charge in [-0.3, -0.25) is 4.98 Å². The molecule has 1 unspecified atom stereocenters. The fourth-order valence-electron chi connectivity index (χ4n) is 2.61. The van der Waals surface area contributed by atoms with E-state index in [1.54, 1.807) is 24.4 Å². The molecular weight excluding hydrogens is 357 g/mol. The first-order valence-corrected chi connectivity index (χ1v) is 8.79. The summed E-state index contributed by atoms with van der Waals surface area (Å²) < 4.78 is 27.3. The maximum absolute atomic E-state index is 12.9. The first kappa shape index (κ1) is 18.2. The second-order valence-corrected chi connectivity index (χ2v) is 7.41. The van der Waals surface area contributed by atoms with Gasteiger partial charge in [-0.25, -0.2) is 8.42 Å². The maximum atomic E-state index is 12.9. The van der Waals surface area contributed by atoms with Gasteiger partial charge in [0.2, 0.25) is 10.0 Å². The van der Waals surface area contributed by atoms with Crippen molar-refractivity contribution in [2.45, 2.75) is 10.9 Å². The molecule has 1 aliphatic rings. The number of halogens is 2. The molecule has 0 radical (unpaired) electrons. The predicted molar refractivity (Wildman–Crippen MR) is 92.4 cm³/mol. The molecule has 1 fully saturated rings. The van der Waals surface area contributed by atoms with E-state index in [2.05, 4.69) is 10.3 Å². The summed E-state index contributed by atoms with van der Waals surface area (Å²) in [6.45, 7) is 1.59. The number of hydrogen-bond acceptors (Lipinski definition) is 4. The topological polar surface area (TPSA) is 62.3 Å². The summed E-state index contributed by atoms with van der Waals surface area (Å²) >= 11 is 6.04. The van der Waals surface area contributed by atoms with Crippen molar-refractivity contribution in [2.75, 3.05) is 19.6 Å². The van der Waals surface area contributed by atoms with Gasteiger partial charge in [0.1, 0.15) is 4.90 Å². The molecule has 8 heteroatoms. The number of benzene rings is 1. The van der Waals surface area contributed by atoms with Gasteiger partial charge < -0.3 is 5.32 Å². The van der Waals surface area contributed by atoms with Gasteiger partial charge in [0.05, 0.1) is 6.04 Å². The molecule has 1 aromatic carbocycles. The average molecular weight is 374 g/mol. The van der Waals surface area contributed by atoms with E-state index in [1.807, 2.05) is 18.2 Å². The van der Waals surface area contributed by atoms with E-state index in [0.717, 1.165) is 5.56 Å². The highest BCUT2D eigenvalue weighted by atomic mass is 35.5. The minimum atomic E-state index is -3.58. The molecule has 0 bridgehead atoms.